The number of piperazine rings is 1. The van der Waals surface area contributed by atoms with Gasteiger partial charge in [0.15, 0.2) is 5.96 Å². The first kappa shape index (κ1) is 24.2. The third-order valence-corrected chi connectivity index (χ3v) is 5.89. The zero-order chi connectivity index (χ0) is 19.9. The molecule has 1 N–H and O–H groups in total. The molecule has 29 heavy (non-hydrogen) atoms. The second kappa shape index (κ2) is 11.9. The van der Waals surface area contributed by atoms with Crippen molar-refractivity contribution in [3.63, 3.8) is 0 Å². The monoisotopic (exact) mass is 517 g/mol. The molecule has 2 saturated heterocycles. The van der Waals surface area contributed by atoms with E-state index in [1.807, 2.05) is 12.1 Å². The molecule has 0 aliphatic carbocycles. The molecule has 1 atom stereocenters. The van der Waals surface area contributed by atoms with Crippen LogP contribution >= 0.6 is 24.0 Å². The topological polar surface area (TPSA) is 34.1 Å². The molecule has 0 amide bonds. The van der Waals surface area contributed by atoms with Crippen LogP contribution in [0.4, 0.5) is 10.1 Å². The zero-order valence-corrected chi connectivity index (χ0v) is 20.4. The average molecular weight is 517 g/mol. The summed E-state index contributed by atoms with van der Waals surface area (Å²) >= 11 is 0. The van der Waals surface area contributed by atoms with Crippen LogP contribution in [0, 0.1) is 11.7 Å². The van der Waals surface area contributed by atoms with Crippen molar-refractivity contribution in [2.75, 3.05) is 57.3 Å². The Kier molecular flexibility index (Phi) is 9.95. The van der Waals surface area contributed by atoms with E-state index in [1.165, 1.54) is 38.1 Å². The maximum Gasteiger partial charge on any atom is 0.194 e. The fourth-order valence-corrected chi connectivity index (χ4v) is 4.19. The van der Waals surface area contributed by atoms with Crippen molar-refractivity contribution in [1.82, 2.24) is 15.1 Å². The summed E-state index contributed by atoms with van der Waals surface area (Å²) in [6, 6.07) is 7.44. The smallest absolute Gasteiger partial charge is 0.194 e. The molecule has 0 aromatic heterocycles. The lowest BCUT2D eigenvalue weighted by Crippen LogP contribution is -2.52. The summed E-state index contributed by atoms with van der Waals surface area (Å²) in [5, 5.41) is 3.48. The molecule has 5 nitrogen and oxygen atoms in total. The lowest BCUT2D eigenvalue weighted by molar-refractivity contribution is 0.143. The zero-order valence-electron chi connectivity index (χ0n) is 18.1. The van der Waals surface area contributed by atoms with Gasteiger partial charge in [0.2, 0.25) is 0 Å². The first-order valence-electron chi connectivity index (χ1n) is 10.8. The number of hydrogen-bond acceptors (Lipinski definition) is 3. The van der Waals surface area contributed by atoms with Crippen LogP contribution in [0.1, 0.15) is 33.6 Å². The van der Waals surface area contributed by atoms with Gasteiger partial charge in [0, 0.05) is 57.5 Å². The molecular formula is C22H37FIN5. The lowest BCUT2D eigenvalue weighted by atomic mass is 9.97. The molecule has 0 bridgehead atoms. The van der Waals surface area contributed by atoms with Gasteiger partial charge in [-0.05, 0) is 70.3 Å². The molecule has 0 saturated carbocycles. The number of piperidine rings is 1. The normalized spacial score (nSPS) is 21.3. The minimum atomic E-state index is -0.178. The second-order valence-corrected chi connectivity index (χ2v) is 8.24. The molecule has 1 aromatic carbocycles. The Morgan fingerprint density at radius 2 is 1.83 bits per heavy atom. The first-order chi connectivity index (χ1) is 13.6. The number of nitrogens with one attached hydrogen (secondary N) is 1. The fourth-order valence-electron chi connectivity index (χ4n) is 4.19. The van der Waals surface area contributed by atoms with E-state index in [1.54, 1.807) is 0 Å². The van der Waals surface area contributed by atoms with E-state index in [2.05, 4.69) is 40.8 Å². The van der Waals surface area contributed by atoms with Gasteiger partial charge in [-0.1, -0.05) is 0 Å². The third-order valence-electron chi connectivity index (χ3n) is 5.89. The van der Waals surface area contributed by atoms with E-state index in [0.29, 0.717) is 12.0 Å². The Balaban J connectivity index is 0.00000300. The molecule has 3 rings (SSSR count). The third kappa shape index (κ3) is 6.98. The summed E-state index contributed by atoms with van der Waals surface area (Å²) in [5.74, 6) is 1.52. The SMILES string of the molecule is CCNC(=NCC1CCCN(C(C)C)C1)N1CCN(c2ccc(F)cc2)CC1.I. The van der Waals surface area contributed by atoms with Gasteiger partial charge in [0.05, 0.1) is 0 Å². The van der Waals surface area contributed by atoms with Gasteiger partial charge < -0.3 is 20.0 Å². The van der Waals surface area contributed by atoms with Gasteiger partial charge in [0.1, 0.15) is 5.82 Å². The number of nitrogens with zero attached hydrogens (tertiary/aromatic N) is 4. The Bertz CT molecular complexity index is 629. The number of halogens is 2. The summed E-state index contributed by atoms with van der Waals surface area (Å²) < 4.78 is 13.2. The molecule has 1 unspecified atom stereocenters. The van der Waals surface area contributed by atoms with Crippen molar-refractivity contribution in [2.24, 2.45) is 10.9 Å². The Labute approximate surface area is 192 Å². The van der Waals surface area contributed by atoms with Crippen molar-refractivity contribution >= 4 is 35.6 Å². The second-order valence-electron chi connectivity index (χ2n) is 8.24. The number of guanidine groups is 1. The van der Waals surface area contributed by atoms with Crippen LogP contribution in [-0.2, 0) is 0 Å². The van der Waals surface area contributed by atoms with Gasteiger partial charge in [0.25, 0.3) is 0 Å². The molecule has 2 heterocycles. The van der Waals surface area contributed by atoms with Crippen molar-refractivity contribution in [1.29, 1.82) is 0 Å². The van der Waals surface area contributed by atoms with E-state index in [-0.39, 0.29) is 29.8 Å². The number of aliphatic imine (C=N–C) groups is 1. The van der Waals surface area contributed by atoms with E-state index in [4.69, 9.17) is 4.99 Å². The molecule has 2 fully saturated rings. The van der Waals surface area contributed by atoms with Gasteiger partial charge in [-0.15, -0.1) is 24.0 Å². The molecule has 164 valence electrons. The van der Waals surface area contributed by atoms with E-state index in [0.717, 1.165) is 50.9 Å². The first-order valence-corrected chi connectivity index (χ1v) is 10.8. The molecule has 2 aliphatic heterocycles. The summed E-state index contributed by atoms with van der Waals surface area (Å²) in [5.41, 5.74) is 1.10. The highest BCUT2D eigenvalue weighted by atomic mass is 127. The Hall–Kier alpha value is -1.09. The largest absolute Gasteiger partial charge is 0.368 e. The maximum absolute atomic E-state index is 13.2. The Morgan fingerprint density at radius 1 is 1.14 bits per heavy atom. The summed E-state index contributed by atoms with van der Waals surface area (Å²) in [6.45, 7) is 14.6. The summed E-state index contributed by atoms with van der Waals surface area (Å²) in [6.07, 6.45) is 2.57. The molecule has 2 aliphatic rings. The van der Waals surface area contributed by atoms with E-state index >= 15 is 0 Å². The molecular weight excluding hydrogens is 480 g/mol. The molecule has 7 heteroatoms. The van der Waals surface area contributed by atoms with Crippen LogP contribution in [0.25, 0.3) is 0 Å². The average Bonchev–Trinajstić information content (AvgIpc) is 2.72. The maximum atomic E-state index is 13.2. The number of benzene rings is 1. The van der Waals surface area contributed by atoms with Crippen molar-refractivity contribution < 1.29 is 4.39 Å². The van der Waals surface area contributed by atoms with Crippen molar-refractivity contribution in [3.8, 4) is 0 Å². The van der Waals surface area contributed by atoms with Gasteiger partial charge in [-0.3, -0.25) is 4.99 Å². The highest BCUT2D eigenvalue weighted by Crippen LogP contribution is 2.20. The van der Waals surface area contributed by atoms with E-state index < -0.39 is 0 Å². The summed E-state index contributed by atoms with van der Waals surface area (Å²) in [4.78, 5) is 12.3. The predicted octanol–water partition coefficient (Wildman–Crippen LogP) is 3.65. The minimum absolute atomic E-state index is 0. The minimum Gasteiger partial charge on any atom is -0.368 e. The van der Waals surface area contributed by atoms with Crippen molar-refractivity contribution in [2.45, 2.75) is 39.7 Å². The molecule has 0 spiro atoms. The van der Waals surface area contributed by atoms with Crippen LogP contribution in [-0.4, -0.2) is 74.2 Å². The van der Waals surface area contributed by atoms with E-state index in [9.17, 15) is 4.39 Å². The van der Waals surface area contributed by atoms with Crippen molar-refractivity contribution in [3.05, 3.63) is 30.1 Å². The molecule has 1 aromatic rings. The van der Waals surface area contributed by atoms with Crippen LogP contribution < -0.4 is 10.2 Å². The standard InChI is InChI=1S/C22H36FN5.HI/c1-4-24-22(25-16-19-6-5-11-28(17-19)18(2)3)27-14-12-26(13-15-27)21-9-7-20(23)8-10-21;/h7-10,18-19H,4-6,11-17H2,1-3H3,(H,24,25);1H. The van der Waals surface area contributed by atoms with Gasteiger partial charge >= 0.3 is 0 Å². The predicted molar refractivity (Wildman–Crippen MR) is 131 cm³/mol. The number of hydrogen-bond donors (Lipinski definition) is 1. The number of anilines is 1. The van der Waals surface area contributed by atoms with Crippen LogP contribution in [0.3, 0.4) is 0 Å². The van der Waals surface area contributed by atoms with Crippen LogP contribution in [0.15, 0.2) is 29.3 Å². The highest BCUT2D eigenvalue weighted by Gasteiger charge is 2.23. The molecule has 0 radical (unpaired) electrons. The Morgan fingerprint density at radius 3 is 2.45 bits per heavy atom. The quantitative estimate of drug-likeness (QED) is 0.368. The highest BCUT2D eigenvalue weighted by molar-refractivity contribution is 14.0. The number of rotatable bonds is 5. The van der Waals surface area contributed by atoms with Crippen LogP contribution in [0.2, 0.25) is 0 Å². The van der Waals surface area contributed by atoms with Crippen LogP contribution in [0.5, 0.6) is 0 Å². The van der Waals surface area contributed by atoms with Gasteiger partial charge in [-0.25, -0.2) is 4.39 Å². The van der Waals surface area contributed by atoms with Gasteiger partial charge in [-0.2, -0.15) is 0 Å². The summed E-state index contributed by atoms with van der Waals surface area (Å²) in [7, 11) is 0. The fraction of sp³-hybridized carbons (Fsp3) is 0.682. The number of likely N-dealkylation sites (tertiary alicyclic amines) is 1. The lowest BCUT2D eigenvalue weighted by Gasteiger charge is -2.38.